The number of amides is 1. The SMILES string of the molecule is CC(Cn1cccn1)NC(=O)c1c[nH]c2ccccc12. The van der Waals surface area contributed by atoms with Crippen molar-refractivity contribution in [1.82, 2.24) is 20.1 Å². The third kappa shape index (κ3) is 2.42. The fourth-order valence-electron chi connectivity index (χ4n) is 2.30. The Morgan fingerprint density at radius 2 is 2.25 bits per heavy atom. The van der Waals surface area contributed by atoms with Crippen molar-refractivity contribution in [2.24, 2.45) is 0 Å². The summed E-state index contributed by atoms with van der Waals surface area (Å²) in [5.74, 6) is -0.0675. The molecule has 0 bridgehead atoms. The van der Waals surface area contributed by atoms with Gasteiger partial charge in [0.15, 0.2) is 0 Å². The van der Waals surface area contributed by atoms with Gasteiger partial charge in [0.1, 0.15) is 0 Å². The van der Waals surface area contributed by atoms with Gasteiger partial charge >= 0.3 is 0 Å². The second kappa shape index (κ2) is 5.21. The van der Waals surface area contributed by atoms with E-state index in [1.807, 2.05) is 43.5 Å². The summed E-state index contributed by atoms with van der Waals surface area (Å²) in [6, 6.07) is 9.66. The summed E-state index contributed by atoms with van der Waals surface area (Å²) < 4.78 is 1.81. The minimum atomic E-state index is -0.0675. The molecule has 1 unspecified atom stereocenters. The summed E-state index contributed by atoms with van der Waals surface area (Å²) in [5, 5.41) is 8.07. The molecular weight excluding hydrogens is 252 g/mol. The van der Waals surface area contributed by atoms with E-state index in [1.165, 1.54) is 0 Å². The minimum Gasteiger partial charge on any atom is -0.360 e. The lowest BCUT2D eigenvalue weighted by Crippen LogP contribution is -2.35. The first-order valence-corrected chi connectivity index (χ1v) is 6.58. The predicted molar refractivity (Wildman–Crippen MR) is 77.5 cm³/mol. The van der Waals surface area contributed by atoms with Crippen LogP contribution >= 0.6 is 0 Å². The van der Waals surface area contributed by atoms with Crippen LogP contribution in [0, 0.1) is 0 Å². The van der Waals surface area contributed by atoms with Crippen molar-refractivity contribution >= 4 is 16.8 Å². The van der Waals surface area contributed by atoms with Gasteiger partial charge in [-0.05, 0) is 19.1 Å². The molecular formula is C15H16N4O. The van der Waals surface area contributed by atoms with Crippen LogP contribution in [0.25, 0.3) is 10.9 Å². The number of carbonyl (C=O) groups is 1. The number of fused-ring (bicyclic) bond motifs is 1. The zero-order valence-electron chi connectivity index (χ0n) is 11.2. The van der Waals surface area contributed by atoms with Gasteiger partial charge in [0, 0.05) is 35.5 Å². The smallest absolute Gasteiger partial charge is 0.253 e. The molecule has 5 heteroatoms. The Bertz CT molecular complexity index is 714. The summed E-state index contributed by atoms with van der Waals surface area (Å²) in [4.78, 5) is 15.4. The van der Waals surface area contributed by atoms with Gasteiger partial charge in [0.25, 0.3) is 5.91 Å². The minimum absolute atomic E-state index is 0.0102. The average molecular weight is 268 g/mol. The number of benzene rings is 1. The van der Waals surface area contributed by atoms with Crippen LogP contribution in [0.4, 0.5) is 0 Å². The van der Waals surface area contributed by atoms with E-state index in [9.17, 15) is 4.79 Å². The zero-order chi connectivity index (χ0) is 13.9. The highest BCUT2D eigenvalue weighted by molar-refractivity contribution is 6.06. The van der Waals surface area contributed by atoms with Gasteiger partial charge in [0.05, 0.1) is 12.1 Å². The van der Waals surface area contributed by atoms with Gasteiger partial charge in [-0.25, -0.2) is 0 Å². The molecule has 20 heavy (non-hydrogen) atoms. The predicted octanol–water partition coefficient (Wildman–Crippen LogP) is 2.18. The van der Waals surface area contributed by atoms with Crippen LogP contribution in [0.1, 0.15) is 17.3 Å². The quantitative estimate of drug-likeness (QED) is 0.762. The highest BCUT2D eigenvalue weighted by Crippen LogP contribution is 2.17. The van der Waals surface area contributed by atoms with Gasteiger partial charge in [-0.15, -0.1) is 0 Å². The van der Waals surface area contributed by atoms with Crippen molar-refractivity contribution in [1.29, 1.82) is 0 Å². The number of hydrogen-bond acceptors (Lipinski definition) is 2. The summed E-state index contributed by atoms with van der Waals surface area (Å²) in [7, 11) is 0. The number of para-hydroxylation sites is 1. The van der Waals surface area contributed by atoms with E-state index < -0.39 is 0 Å². The zero-order valence-corrected chi connectivity index (χ0v) is 11.2. The molecule has 0 aliphatic carbocycles. The fraction of sp³-hybridized carbons (Fsp3) is 0.200. The molecule has 1 amide bonds. The van der Waals surface area contributed by atoms with Crippen LogP contribution < -0.4 is 5.32 Å². The lowest BCUT2D eigenvalue weighted by molar-refractivity contribution is 0.0937. The van der Waals surface area contributed by atoms with Crippen molar-refractivity contribution in [2.45, 2.75) is 19.5 Å². The van der Waals surface area contributed by atoms with Crippen molar-refractivity contribution in [2.75, 3.05) is 0 Å². The first-order chi connectivity index (χ1) is 9.74. The van der Waals surface area contributed by atoms with E-state index >= 15 is 0 Å². The third-order valence-electron chi connectivity index (χ3n) is 3.23. The van der Waals surface area contributed by atoms with Crippen LogP contribution in [0.3, 0.4) is 0 Å². The first kappa shape index (κ1) is 12.5. The topological polar surface area (TPSA) is 62.7 Å². The molecule has 2 aromatic heterocycles. The number of nitrogens with zero attached hydrogens (tertiary/aromatic N) is 2. The van der Waals surface area contributed by atoms with E-state index in [-0.39, 0.29) is 11.9 Å². The van der Waals surface area contributed by atoms with Crippen LogP contribution in [-0.4, -0.2) is 26.7 Å². The van der Waals surface area contributed by atoms with E-state index in [1.54, 1.807) is 17.1 Å². The van der Waals surface area contributed by atoms with Gasteiger partial charge in [0.2, 0.25) is 0 Å². The van der Waals surface area contributed by atoms with Crippen LogP contribution in [0.15, 0.2) is 48.9 Å². The molecule has 3 aromatic rings. The Morgan fingerprint density at radius 1 is 1.40 bits per heavy atom. The number of hydrogen-bond donors (Lipinski definition) is 2. The standard InChI is InChI=1S/C15H16N4O/c1-11(10-19-8-4-7-17-19)18-15(20)13-9-16-14-6-3-2-5-12(13)14/h2-9,11,16H,10H2,1H3,(H,18,20). The molecule has 0 radical (unpaired) electrons. The Morgan fingerprint density at radius 3 is 3.05 bits per heavy atom. The largest absolute Gasteiger partial charge is 0.360 e. The monoisotopic (exact) mass is 268 g/mol. The molecule has 3 rings (SSSR count). The average Bonchev–Trinajstić information content (AvgIpc) is 3.07. The summed E-state index contributed by atoms with van der Waals surface area (Å²) in [6.45, 7) is 2.62. The molecule has 2 N–H and O–H groups in total. The molecule has 1 aromatic carbocycles. The Labute approximate surface area is 116 Å². The van der Waals surface area contributed by atoms with Crippen LogP contribution in [0.2, 0.25) is 0 Å². The maximum absolute atomic E-state index is 12.3. The normalized spacial score (nSPS) is 12.4. The van der Waals surface area contributed by atoms with Gasteiger partial charge in [-0.2, -0.15) is 5.10 Å². The first-order valence-electron chi connectivity index (χ1n) is 6.58. The lowest BCUT2D eigenvalue weighted by atomic mass is 10.1. The maximum atomic E-state index is 12.3. The number of aromatic amines is 1. The number of carbonyl (C=O) groups excluding carboxylic acids is 1. The van der Waals surface area contributed by atoms with E-state index in [2.05, 4.69) is 15.4 Å². The number of H-pyrrole nitrogens is 1. The highest BCUT2D eigenvalue weighted by Gasteiger charge is 2.14. The molecule has 0 saturated carbocycles. The Hall–Kier alpha value is -2.56. The molecule has 102 valence electrons. The number of aromatic nitrogens is 3. The lowest BCUT2D eigenvalue weighted by Gasteiger charge is -2.13. The van der Waals surface area contributed by atoms with Crippen LogP contribution in [-0.2, 0) is 6.54 Å². The molecule has 0 saturated heterocycles. The van der Waals surface area contributed by atoms with Crippen LogP contribution in [0.5, 0.6) is 0 Å². The van der Waals surface area contributed by atoms with E-state index in [4.69, 9.17) is 0 Å². The molecule has 0 aliphatic heterocycles. The number of rotatable bonds is 4. The van der Waals surface area contributed by atoms with Crippen molar-refractivity contribution < 1.29 is 4.79 Å². The highest BCUT2D eigenvalue weighted by atomic mass is 16.1. The second-order valence-electron chi connectivity index (χ2n) is 4.85. The van der Waals surface area contributed by atoms with Gasteiger partial charge in [-0.3, -0.25) is 9.48 Å². The molecule has 0 aliphatic rings. The van der Waals surface area contributed by atoms with Crippen molar-refractivity contribution in [3.05, 3.63) is 54.5 Å². The van der Waals surface area contributed by atoms with E-state index in [0.29, 0.717) is 12.1 Å². The molecule has 1 atom stereocenters. The van der Waals surface area contributed by atoms with Gasteiger partial charge in [-0.1, -0.05) is 18.2 Å². The maximum Gasteiger partial charge on any atom is 0.253 e. The molecule has 0 fully saturated rings. The summed E-state index contributed by atoms with van der Waals surface area (Å²) >= 11 is 0. The summed E-state index contributed by atoms with van der Waals surface area (Å²) in [5.41, 5.74) is 1.64. The molecule has 5 nitrogen and oxygen atoms in total. The third-order valence-corrected chi connectivity index (χ3v) is 3.23. The molecule has 2 heterocycles. The van der Waals surface area contributed by atoms with Gasteiger partial charge < -0.3 is 10.3 Å². The Kier molecular flexibility index (Phi) is 3.25. The fourth-order valence-corrected chi connectivity index (χ4v) is 2.30. The second-order valence-corrected chi connectivity index (χ2v) is 4.85. The van der Waals surface area contributed by atoms with Crippen molar-refractivity contribution in [3.8, 4) is 0 Å². The number of nitrogens with one attached hydrogen (secondary N) is 2. The van der Waals surface area contributed by atoms with E-state index in [0.717, 1.165) is 10.9 Å². The van der Waals surface area contributed by atoms with Crippen molar-refractivity contribution in [3.63, 3.8) is 0 Å². The Balaban J connectivity index is 1.73. The summed E-state index contributed by atoms with van der Waals surface area (Å²) in [6.07, 6.45) is 5.36. The molecule has 0 spiro atoms.